The highest BCUT2D eigenvalue weighted by atomic mass is 15.2. The minimum absolute atomic E-state index is 0.610. The first-order valence-electron chi connectivity index (χ1n) is 8.61. The Morgan fingerprint density at radius 2 is 1.42 bits per heavy atom. The largest absolute Gasteiger partial charge is 0.301 e. The molecule has 19 heavy (non-hydrogen) atoms. The highest BCUT2D eigenvalue weighted by Gasteiger charge is 2.40. The van der Waals surface area contributed by atoms with Crippen LogP contribution in [0.3, 0.4) is 0 Å². The van der Waals surface area contributed by atoms with E-state index in [1.54, 1.807) is 0 Å². The van der Waals surface area contributed by atoms with Crippen molar-refractivity contribution in [2.24, 2.45) is 16.7 Å². The van der Waals surface area contributed by atoms with Gasteiger partial charge in [-0.25, -0.2) is 0 Å². The third-order valence-corrected chi connectivity index (χ3v) is 6.66. The van der Waals surface area contributed by atoms with Gasteiger partial charge in [0.1, 0.15) is 0 Å². The first-order chi connectivity index (χ1) is 8.87. The second-order valence-electron chi connectivity index (χ2n) is 8.29. The molecule has 1 aliphatic heterocycles. The topological polar surface area (TPSA) is 3.24 Å². The molecule has 0 aromatic rings. The van der Waals surface area contributed by atoms with Gasteiger partial charge in [0.15, 0.2) is 0 Å². The molecule has 0 N–H and O–H groups in total. The summed E-state index contributed by atoms with van der Waals surface area (Å²) in [5.41, 5.74) is 1.32. The molecule has 1 aliphatic carbocycles. The third-order valence-electron chi connectivity index (χ3n) is 6.66. The van der Waals surface area contributed by atoms with Crippen LogP contribution in [0.5, 0.6) is 0 Å². The van der Waals surface area contributed by atoms with Gasteiger partial charge >= 0.3 is 0 Å². The number of hydrogen-bond donors (Lipinski definition) is 0. The lowest BCUT2D eigenvalue weighted by Gasteiger charge is -2.43. The van der Waals surface area contributed by atoms with Gasteiger partial charge in [0.2, 0.25) is 0 Å². The second-order valence-corrected chi connectivity index (χ2v) is 8.29. The molecule has 1 nitrogen and oxygen atoms in total. The molecule has 2 fully saturated rings. The summed E-state index contributed by atoms with van der Waals surface area (Å²) in [6, 6.07) is 0.740. The Bertz CT molecular complexity index is 286. The Morgan fingerprint density at radius 1 is 0.789 bits per heavy atom. The number of nitrogens with zero attached hydrogens (tertiary/aromatic N) is 1. The molecule has 1 heteroatoms. The lowest BCUT2D eigenvalue weighted by atomic mass is 9.69. The van der Waals surface area contributed by atoms with E-state index in [1.165, 1.54) is 58.0 Å². The van der Waals surface area contributed by atoms with Crippen molar-refractivity contribution in [1.82, 2.24) is 4.90 Å². The number of rotatable bonds is 2. The Morgan fingerprint density at radius 3 is 1.95 bits per heavy atom. The van der Waals surface area contributed by atoms with E-state index in [2.05, 4.69) is 39.5 Å². The van der Waals surface area contributed by atoms with Crippen LogP contribution in [0.2, 0.25) is 0 Å². The van der Waals surface area contributed by atoms with E-state index in [9.17, 15) is 0 Å². The van der Waals surface area contributed by atoms with Crippen molar-refractivity contribution in [3.63, 3.8) is 0 Å². The van der Waals surface area contributed by atoms with E-state index in [0.717, 1.165) is 12.0 Å². The minimum Gasteiger partial charge on any atom is -0.301 e. The normalized spacial score (nSPS) is 33.0. The van der Waals surface area contributed by atoms with Crippen LogP contribution in [0.4, 0.5) is 0 Å². The molecule has 1 spiro atoms. The number of piperidine rings is 1. The molecular formula is C18H35N. The molecule has 0 radical (unpaired) electrons. The standard InChI is InChI=1S/C18H35N/c1-15(2)17(5)7-6-8-18(10-9-17)11-13-19(14-12-18)16(3)4/h15-16H,6-14H2,1-5H3. The van der Waals surface area contributed by atoms with Gasteiger partial charge in [0.05, 0.1) is 0 Å². The molecular weight excluding hydrogens is 230 g/mol. The Kier molecular flexibility index (Phi) is 4.65. The van der Waals surface area contributed by atoms with Crippen molar-refractivity contribution in [3.8, 4) is 0 Å². The maximum atomic E-state index is 2.68. The summed E-state index contributed by atoms with van der Waals surface area (Å²) >= 11 is 0. The van der Waals surface area contributed by atoms with Gasteiger partial charge in [-0.2, -0.15) is 0 Å². The van der Waals surface area contributed by atoms with Gasteiger partial charge in [-0.1, -0.05) is 27.2 Å². The SMILES string of the molecule is CC(C)N1CCC2(CCCC(C)(C(C)C)CC2)CC1. The monoisotopic (exact) mass is 265 g/mol. The van der Waals surface area contributed by atoms with Gasteiger partial charge in [0.25, 0.3) is 0 Å². The molecule has 1 heterocycles. The van der Waals surface area contributed by atoms with E-state index in [1.807, 2.05) is 0 Å². The van der Waals surface area contributed by atoms with Crippen molar-refractivity contribution >= 4 is 0 Å². The van der Waals surface area contributed by atoms with Crippen LogP contribution in [0, 0.1) is 16.7 Å². The summed E-state index contributed by atoms with van der Waals surface area (Å²) in [7, 11) is 0. The van der Waals surface area contributed by atoms with Crippen LogP contribution >= 0.6 is 0 Å². The van der Waals surface area contributed by atoms with E-state index in [-0.39, 0.29) is 0 Å². The van der Waals surface area contributed by atoms with E-state index in [0.29, 0.717) is 10.8 Å². The molecule has 0 aromatic carbocycles. The zero-order valence-corrected chi connectivity index (χ0v) is 14.0. The summed E-state index contributed by atoms with van der Waals surface area (Å²) in [6.07, 6.45) is 10.3. The van der Waals surface area contributed by atoms with Gasteiger partial charge in [-0.05, 0) is 82.2 Å². The fourth-order valence-electron chi connectivity index (χ4n) is 4.26. The average Bonchev–Trinajstić information content (AvgIpc) is 2.52. The summed E-state index contributed by atoms with van der Waals surface area (Å²) in [4.78, 5) is 2.68. The summed E-state index contributed by atoms with van der Waals surface area (Å²) in [5, 5.41) is 0. The second kappa shape index (κ2) is 5.76. The van der Waals surface area contributed by atoms with Crippen LogP contribution in [-0.2, 0) is 0 Å². The van der Waals surface area contributed by atoms with Crippen molar-refractivity contribution in [2.45, 2.75) is 85.6 Å². The smallest absolute Gasteiger partial charge is 0.00385 e. The van der Waals surface area contributed by atoms with Crippen molar-refractivity contribution in [3.05, 3.63) is 0 Å². The van der Waals surface area contributed by atoms with E-state index in [4.69, 9.17) is 0 Å². The van der Waals surface area contributed by atoms with Crippen LogP contribution in [0.25, 0.3) is 0 Å². The summed E-state index contributed by atoms with van der Waals surface area (Å²) in [5.74, 6) is 0.846. The van der Waals surface area contributed by atoms with Gasteiger partial charge < -0.3 is 4.90 Å². The summed E-state index contributed by atoms with van der Waals surface area (Å²) < 4.78 is 0. The Balaban J connectivity index is 1.96. The van der Waals surface area contributed by atoms with E-state index < -0.39 is 0 Å². The van der Waals surface area contributed by atoms with Crippen molar-refractivity contribution in [1.29, 1.82) is 0 Å². The predicted molar refractivity (Wildman–Crippen MR) is 84.4 cm³/mol. The highest BCUT2D eigenvalue weighted by molar-refractivity contribution is 4.92. The third kappa shape index (κ3) is 3.35. The maximum absolute atomic E-state index is 2.68. The first-order valence-corrected chi connectivity index (χ1v) is 8.61. The van der Waals surface area contributed by atoms with Gasteiger partial charge in [-0.3, -0.25) is 0 Å². The molecule has 1 unspecified atom stereocenters. The first kappa shape index (κ1) is 15.4. The van der Waals surface area contributed by atoms with E-state index >= 15 is 0 Å². The Labute approximate surface area is 121 Å². The summed E-state index contributed by atoms with van der Waals surface area (Å²) in [6.45, 7) is 14.8. The van der Waals surface area contributed by atoms with Gasteiger partial charge in [0, 0.05) is 6.04 Å². The molecule has 0 aromatic heterocycles. The Hall–Kier alpha value is -0.0400. The molecule has 1 saturated carbocycles. The van der Waals surface area contributed by atoms with Crippen LogP contribution in [0.15, 0.2) is 0 Å². The lowest BCUT2D eigenvalue weighted by molar-refractivity contribution is 0.0653. The van der Waals surface area contributed by atoms with Crippen molar-refractivity contribution in [2.75, 3.05) is 13.1 Å². The fourth-order valence-corrected chi connectivity index (χ4v) is 4.26. The molecule has 1 saturated heterocycles. The zero-order valence-electron chi connectivity index (χ0n) is 14.0. The average molecular weight is 265 g/mol. The highest BCUT2D eigenvalue weighted by Crippen LogP contribution is 2.50. The predicted octanol–water partition coefficient (Wildman–Crippen LogP) is 5.10. The quantitative estimate of drug-likeness (QED) is 0.671. The van der Waals surface area contributed by atoms with Crippen LogP contribution in [0.1, 0.15) is 79.6 Å². The maximum Gasteiger partial charge on any atom is 0.00385 e. The van der Waals surface area contributed by atoms with Crippen molar-refractivity contribution < 1.29 is 0 Å². The molecule has 2 aliphatic rings. The van der Waals surface area contributed by atoms with Crippen LogP contribution in [-0.4, -0.2) is 24.0 Å². The minimum atomic E-state index is 0.610. The molecule has 0 amide bonds. The molecule has 1 atom stereocenters. The van der Waals surface area contributed by atoms with Gasteiger partial charge in [-0.15, -0.1) is 0 Å². The zero-order chi connectivity index (χ0) is 14.1. The number of likely N-dealkylation sites (tertiary alicyclic amines) is 1. The van der Waals surface area contributed by atoms with Crippen LogP contribution < -0.4 is 0 Å². The fraction of sp³-hybridized carbons (Fsp3) is 1.00. The molecule has 112 valence electrons. The molecule has 0 bridgehead atoms. The lowest BCUT2D eigenvalue weighted by Crippen LogP contribution is -2.43. The molecule has 2 rings (SSSR count). The number of hydrogen-bond acceptors (Lipinski definition) is 1.